The lowest BCUT2D eigenvalue weighted by molar-refractivity contribution is 0.0000714. The molecule has 5 rings (SSSR count). The fourth-order valence-corrected chi connectivity index (χ4v) is 4.81. The van der Waals surface area contributed by atoms with E-state index in [1.54, 1.807) is 30.5 Å². The maximum Gasteiger partial charge on any atom is 0.296 e. The van der Waals surface area contributed by atoms with Gasteiger partial charge in [-0.1, -0.05) is 18.5 Å². The van der Waals surface area contributed by atoms with E-state index in [1.165, 1.54) is 7.11 Å². The number of nitrogens with zero attached hydrogens (tertiary/aromatic N) is 3. The second-order valence-corrected chi connectivity index (χ2v) is 9.56. The maximum absolute atomic E-state index is 13.6. The zero-order chi connectivity index (χ0) is 23.2. The Labute approximate surface area is 196 Å². The van der Waals surface area contributed by atoms with Crippen molar-refractivity contribution in [3.8, 4) is 5.75 Å². The lowest BCUT2D eigenvalue weighted by Crippen LogP contribution is -2.52. The van der Waals surface area contributed by atoms with E-state index in [0.717, 1.165) is 31.4 Å². The summed E-state index contributed by atoms with van der Waals surface area (Å²) in [5.41, 5.74) is 1.45. The Morgan fingerprint density at radius 2 is 2.18 bits per heavy atom. The van der Waals surface area contributed by atoms with E-state index in [1.807, 2.05) is 4.90 Å². The van der Waals surface area contributed by atoms with Crippen LogP contribution in [0.15, 0.2) is 34.9 Å². The third-order valence-electron chi connectivity index (χ3n) is 6.58. The molecule has 174 valence electrons. The van der Waals surface area contributed by atoms with Crippen LogP contribution in [0.2, 0.25) is 5.02 Å². The Morgan fingerprint density at radius 3 is 2.91 bits per heavy atom. The first-order chi connectivity index (χ1) is 15.9. The Morgan fingerprint density at radius 1 is 1.36 bits per heavy atom. The lowest BCUT2D eigenvalue weighted by Gasteiger charge is -2.41. The van der Waals surface area contributed by atoms with Gasteiger partial charge in [-0.3, -0.25) is 9.78 Å². The molecule has 9 heteroatoms. The first kappa shape index (κ1) is 22.0. The molecule has 1 aliphatic heterocycles. The molecule has 1 saturated carbocycles. The van der Waals surface area contributed by atoms with Gasteiger partial charge in [0.15, 0.2) is 11.3 Å². The number of ether oxygens (including phenoxy) is 1. The topological polar surface area (TPSA) is 101 Å². The van der Waals surface area contributed by atoms with Crippen LogP contribution in [-0.2, 0) is 6.54 Å². The van der Waals surface area contributed by atoms with E-state index in [9.17, 15) is 9.90 Å². The number of anilines is 1. The second-order valence-electron chi connectivity index (χ2n) is 9.12. The number of nitrogens with one attached hydrogen (secondary N) is 1. The van der Waals surface area contributed by atoms with Crippen molar-refractivity contribution in [2.45, 2.75) is 50.8 Å². The number of fused-ring (bicyclic) bond motifs is 1. The van der Waals surface area contributed by atoms with Gasteiger partial charge in [0.2, 0.25) is 0 Å². The number of oxazole rings is 1. The maximum atomic E-state index is 13.6. The molecular weight excluding hydrogens is 444 g/mol. The van der Waals surface area contributed by atoms with Gasteiger partial charge < -0.3 is 24.5 Å². The van der Waals surface area contributed by atoms with Gasteiger partial charge in [-0.25, -0.2) is 0 Å². The smallest absolute Gasteiger partial charge is 0.296 e. The number of aliphatic hydroxyl groups is 1. The van der Waals surface area contributed by atoms with Crippen molar-refractivity contribution in [1.82, 2.24) is 14.9 Å². The van der Waals surface area contributed by atoms with Gasteiger partial charge in [-0.15, -0.1) is 0 Å². The minimum absolute atomic E-state index is 0.118. The number of amides is 1. The van der Waals surface area contributed by atoms with Crippen molar-refractivity contribution >= 4 is 34.6 Å². The number of pyridine rings is 1. The van der Waals surface area contributed by atoms with Gasteiger partial charge >= 0.3 is 0 Å². The fraction of sp³-hybridized carbons (Fsp3) is 0.458. The Kier molecular flexibility index (Phi) is 5.66. The largest absolute Gasteiger partial charge is 0.493 e. The van der Waals surface area contributed by atoms with E-state index in [4.69, 9.17) is 20.8 Å². The van der Waals surface area contributed by atoms with E-state index in [0.29, 0.717) is 52.5 Å². The van der Waals surface area contributed by atoms with Gasteiger partial charge in [0, 0.05) is 23.3 Å². The zero-order valence-electron chi connectivity index (χ0n) is 18.7. The predicted octanol–water partition coefficient (Wildman–Crippen LogP) is 4.26. The number of methoxy groups -OCH3 is 1. The standard InChI is InChI=1S/C24H27ClN4O4/c1-14-3-4-20(24(31)6-7-24)29(13-14)22(30)15-9-18-21(19(10-15)32-2)33-23(28-18)27-12-17-11-16(25)5-8-26-17/h5,8-11,14,20,31H,3-4,6-7,12-13H2,1-2H3,(H,27,28). The summed E-state index contributed by atoms with van der Waals surface area (Å²) < 4.78 is 11.4. The van der Waals surface area contributed by atoms with E-state index < -0.39 is 5.60 Å². The highest BCUT2D eigenvalue weighted by molar-refractivity contribution is 6.30. The molecule has 1 amide bonds. The number of hydrogen-bond acceptors (Lipinski definition) is 7. The van der Waals surface area contributed by atoms with Crippen molar-refractivity contribution < 1.29 is 19.1 Å². The highest BCUT2D eigenvalue weighted by atomic mass is 35.5. The first-order valence-electron chi connectivity index (χ1n) is 11.2. The summed E-state index contributed by atoms with van der Waals surface area (Å²) in [6, 6.07) is 7.03. The molecule has 2 aliphatic rings. The predicted molar refractivity (Wildman–Crippen MR) is 125 cm³/mol. The number of piperidine rings is 1. The van der Waals surface area contributed by atoms with Crippen LogP contribution in [0.3, 0.4) is 0 Å². The number of likely N-dealkylation sites (tertiary alicyclic amines) is 1. The zero-order valence-corrected chi connectivity index (χ0v) is 19.4. The Hall–Kier alpha value is -2.84. The number of carbonyl (C=O) groups is 1. The third kappa shape index (κ3) is 4.37. The molecule has 1 saturated heterocycles. The highest BCUT2D eigenvalue weighted by Crippen LogP contribution is 2.45. The van der Waals surface area contributed by atoms with Crippen LogP contribution in [0.4, 0.5) is 6.01 Å². The quantitative estimate of drug-likeness (QED) is 0.555. The van der Waals surface area contributed by atoms with E-state index >= 15 is 0 Å². The normalized spacial score (nSPS) is 21.8. The molecule has 2 aromatic heterocycles. The lowest BCUT2D eigenvalue weighted by atomic mass is 9.89. The fourth-order valence-electron chi connectivity index (χ4n) is 4.63. The van der Waals surface area contributed by atoms with Crippen LogP contribution in [-0.4, -0.2) is 51.2 Å². The number of halogens is 1. The Bertz CT molecular complexity index is 1190. The van der Waals surface area contributed by atoms with Gasteiger partial charge in [0.1, 0.15) is 5.52 Å². The van der Waals surface area contributed by atoms with Gasteiger partial charge in [0.25, 0.3) is 11.9 Å². The first-order valence-corrected chi connectivity index (χ1v) is 11.6. The van der Waals surface area contributed by atoms with Crippen LogP contribution in [0.5, 0.6) is 5.75 Å². The second kappa shape index (κ2) is 8.50. The molecule has 3 aromatic rings. The molecule has 0 radical (unpaired) electrons. The summed E-state index contributed by atoms with van der Waals surface area (Å²) in [5, 5.41) is 14.5. The van der Waals surface area contributed by atoms with Gasteiger partial charge in [-0.2, -0.15) is 4.98 Å². The summed E-state index contributed by atoms with van der Waals surface area (Å²) in [7, 11) is 1.53. The summed E-state index contributed by atoms with van der Waals surface area (Å²) in [5.74, 6) is 0.706. The molecule has 2 unspecified atom stereocenters. The molecule has 3 heterocycles. The number of rotatable bonds is 6. The average molecular weight is 471 g/mol. The van der Waals surface area contributed by atoms with Crippen molar-refractivity contribution in [3.63, 3.8) is 0 Å². The van der Waals surface area contributed by atoms with Crippen LogP contribution < -0.4 is 10.1 Å². The van der Waals surface area contributed by atoms with Crippen molar-refractivity contribution in [2.75, 3.05) is 19.0 Å². The molecule has 2 fully saturated rings. The Balaban J connectivity index is 1.42. The molecule has 2 atom stereocenters. The van der Waals surface area contributed by atoms with Crippen LogP contribution in [0.25, 0.3) is 11.1 Å². The van der Waals surface area contributed by atoms with Crippen molar-refractivity contribution in [2.24, 2.45) is 5.92 Å². The average Bonchev–Trinajstić information content (AvgIpc) is 3.41. The summed E-state index contributed by atoms with van der Waals surface area (Å²) in [6.07, 6.45) is 4.96. The van der Waals surface area contributed by atoms with E-state index in [2.05, 4.69) is 22.2 Å². The van der Waals surface area contributed by atoms with Crippen LogP contribution in [0, 0.1) is 5.92 Å². The number of benzene rings is 1. The molecule has 2 N–H and O–H groups in total. The minimum atomic E-state index is -0.747. The molecule has 1 aliphatic carbocycles. The monoisotopic (exact) mass is 470 g/mol. The van der Waals surface area contributed by atoms with Crippen molar-refractivity contribution in [3.05, 3.63) is 46.7 Å². The summed E-state index contributed by atoms with van der Waals surface area (Å²) in [4.78, 5) is 24.2. The summed E-state index contributed by atoms with van der Waals surface area (Å²) in [6.45, 7) is 3.15. The molecule has 8 nitrogen and oxygen atoms in total. The van der Waals surface area contributed by atoms with E-state index in [-0.39, 0.29) is 11.9 Å². The van der Waals surface area contributed by atoms with Gasteiger partial charge in [0.05, 0.1) is 31.0 Å². The highest BCUT2D eigenvalue weighted by Gasteiger charge is 2.52. The number of hydrogen-bond donors (Lipinski definition) is 2. The van der Waals surface area contributed by atoms with Crippen molar-refractivity contribution in [1.29, 1.82) is 0 Å². The summed E-state index contributed by atoms with van der Waals surface area (Å²) >= 11 is 6.02. The number of carbonyl (C=O) groups excluding carboxylic acids is 1. The molecule has 33 heavy (non-hydrogen) atoms. The van der Waals surface area contributed by atoms with Crippen LogP contribution >= 0.6 is 11.6 Å². The molecular formula is C24H27ClN4O4. The van der Waals surface area contributed by atoms with Crippen LogP contribution in [0.1, 0.15) is 48.7 Å². The SMILES string of the molecule is COc1cc(C(=O)N2CC(C)CCC2C2(O)CC2)cc2nc(NCc3cc(Cl)ccn3)oc12. The van der Waals surface area contributed by atoms with Gasteiger partial charge in [-0.05, 0) is 55.9 Å². The minimum Gasteiger partial charge on any atom is -0.493 e. The third-order valence-corrected chi connectivity index (χ3v) is 6.82. The molecule has 0 spiro atoms. The number of aromatic nitrogens is 2. The molecule has 0 bridgehead atoms. The molecule has 1 aromatic carbocycles.